The van der Waals surface area contributed by atoms with Gasteiger partial charge < -0.3 is 15.4 Å². The molecular weight excluding hydrogens is 502 g/mol. The molecule has 2 heterocycles. The number of thioether (sulfide) groups is 1. The highest BCUT2D eigenvalue weighted by atomic mass is 79.9. The SMILES string of the molecule is CCSc1nc2n(n1)C(c1ccc(OC)c(Br)c1)C(C(=O)Nc1cccc(C)c1C)=C(C)N2. The Hall–Kier alpha value is -2.78. The van der Waals surface area contributed by atoms with Crippen LogP contribution in [0.2, 0.25) is 0 Å². The lowest BCUT2D eigenvalue weighted by Crippen LogP contribution is -2.31. The number of allylic oxidation sites excluding steroid dienone is 1. The number of fused-ring (bicyclic) bond motifs is 1. The molecule has 0 saturated carbocycles. The van der Waals surface area contributed by atoms with Crippen LogP contribution >= 0.6 is 27.7 Å². The largest absolute Gasteiger partial charge is 0.496 e. The summed E-state index contributed by atoms with van der Waals surface area (Å²) in [6, 6.07) is 11.2. The van der Waals surface area contributed by atoms with Crippen LogP contribution < -0.4 is 15.4 Å². The van der Waals surface area contributed by atoms with E-state index >= 15 is 0 Å². The maximum absolute atomic E-state index is 13.7. The zero-order valence-electron chi connectivity index (χ0n) is 19.2. The Kier molecular flexibility index (Phi) is 6.81. The molecule has 1 amide bonds. The van der Waals surface area contributed by atoms with Crippen molar-refractivity contribution in [1.82, 2.24) is 14.8 Å². The Labute approximate surface area is 206 Å². The van der Waals surface area contributed by atoms with E-state index in [1.807, 2.05) is 57.2 Å². The fourth-order valence-electron chi connectivity index (χ4n) is 3.85. The van der Waals surface area contributed by atoms with Gasteiger partial charge in [-0.3, -0.25) is 4.79 Å². The molecule has 2 aromatic carbocycles. The zero-order valence-corrected chi connectivity index (χ0v) is 21.6. The molecule has 1 unspecified atom stereocenters. The van der Waals surface area contributed by atoms with Crippen LogP contribution in [-0.2, 0) is 4.79 Å². The molecule has 0 fully saturated rings. The van der Waals surface area contributed by atoms with Gasteiger partial charge in [0.2, 0.25) is 11.1 Å². The maximum atomic E-state index is 13.7. The summed E-state index contributed by atoms with van der Waals surface area (Å²) in [4.78, 5) is 18.3. The highest BCUT2D eigenvalue weighted by molar-refractivity contribution is 9.10. The number of anilines is 2. The average Bonchev–Trinajstić information content (AvgIpc) is 3.18. The number of amides is 1. The first-order valence-electron chi connectivity index (χ1n) is 10.6. The lowest BCUT2D eigenvalue weighted by Gasteiger charge is -2.29. The summed E-state index contributed by atoms with van der Waals surface area (Å²) in [5, 5.41) is 11.8. The standard InChI is InChI=1S/C24H26BrN5O2S/c1-6-33-24-28-23-26-15(4)20(22(31)27-18-9-7-8-13(2)14(18)3)21(30(23)29-24)16-10-11-19(32-5)17(25)12-16/h7-12,21H,6H2,1-5H3,(H,27,31)(H,26,28,29). The summed E-state index contributed by atoms with van der Waals surface area (Å²) in [5.74, 6) is 2.00. The molecule has 172 valence electrons. The third-order valence-corrected chi connectivity index (χ3v) is 7.04. The van der Waals surface area contributed by atoms with E-state index in [9.17, 15) is 4.79 Å². The van der Waals surface area contributed by atoms with Gasteiger partial charge in [0.15, 0.2) is 0 Å². The molecule has 2 N–H and O–H groups in total. The highest BCUT2D eigenvalue weighted by Crippen LogP contribution is 2.39. The van der Waals surface area contributed by atoms with Crippen LogP contribution in [0.3, 0.4) is 0 Å². The molecule has 4 rings (SSSR count). The van der Waals surface area contributed by atoms with E-state index in [2.05, 4.69) is 38.5 Å². The smallest absolute Gasteiger partial charge is 0.255 e. The van der Waals surface area contributed by atoms with Crippen LogP contribution in [0.15, 0.2) is 57.3 Å². The minimum Gasteiger partial charge on any atom is -0.496 e. The van der Waals surface area contributed by atoms with Gasteiger partial charge in [0, 0.05) is 11.4 Å². The molecule has 9 heteroatoms. The van der Waals surface area contributed by atoms with Gasteiger partial charge in [0.05, 0.1) is 17.2 Å². The molecule has 1 aromatic heterocycles. The van der Waals surface area contributed by atoms with Gasteiger partial charge in [-0.15, -0.1) is 5.10 Å². The van der Waals surface area contributed by atoms with Crippen LogP contribution in [-0.4, -0.2) is 33.5 Å². The van der Waals surface area contributed by atoms with Crippen molar-refractivity contribution in [2.24, 2.45) is 0 Å². The molecule has 1 atom stereocenters. The number of hydrogen-bond acceptors (Lipinski definition) is 6. The van der Waals surface area contributed by atoms with Crippen molar-refractivity contribution in [3.05, 3.63) is 68.8 Å². The normalized spacial score (nSPS) is 15.2. The van der Waals surface area contributed by atoms with E-state index in [1.165, 1.54) is 0 Å². The Bertz CT molecular complexity index is 1250. The van der Waals surface area contributed by atoms with Crippen LogP contribution in [0, 0.1) is 13.8 Å². The average molecular weight is 528 g/mol. The molecule has 3 aromatic rings. The number of methoxy groups -OCH3 is 1. The Morgan fingerprint density at radius 1 is 1.27 bits per heavy atom. The topological polar surface area (TPSA) is 81.1 Å². The fraction of sp³-hybridized carbons (Fsp3) is 0.292. The minimum absolute atomic E-state index is 0.184. The van der Waals surface area contributed by atoms with Gasteiger partial charge in [-0.25, -0.2) is 4.68 Å². The van der Waals surface area contributed by atoms with E-state index < -0.39 is 6.04 Å². The minimum atomic E-state index is -0.452. The summed E-state index contributed by atoms with van der Waals surface area (Å²) >= 11 is 5.14. The summed E-state index contributed by atoms with van der Waals surface area (Å²) in [6.45, 7) is 7.99. The molecule has 33 heavy (non-hydrogen) atoms. The van der Waals surface area contributed by atoms with E-state index in [0.717, 1.165) is 44.0 Å². The van der Waals surface area contributed by atoms with E-state index in [-0.39, 0.29) is 5.91 Å². The van der Waals surface area contributed by atoms with Crippen molar-refractivity contribution >= 4 is 45.2 Å². The molecular formula is C24H26BrN5O2S. The number of nitrogens with one attached hydrogen (secondary N) is 2. The Balaban J connectivity index is 1.81. The Morgan fingerprint density at radius 3 is 2.76 bits per heavy atom. The fourth-order valence-corrected chi connectivity index (χ4v) is 4.97. The second-order valence-electron chi connectivity index (χ2n) is 7.76. The predicted molar refractivity (Wildman–Crippen MR) is 136 cm³/mol. The number of rotatable bonds is 6. The second-order valence-corrected chi connectivity index (χ2v) is 9.84. The van der Waals surface area contributed by atoms with Gasteiger partial charge in [0.1, 0.15) is 11.8 Å². The van der Waals surface area contributed by atoms with E-state index in [1.54, 1.807) is 23.6 Å². The van der Waals surface area contributed by atoms with Gasteiger partial charge >= 0.3 is 0 Å². The summed E-state index contributed by atoms with van der Waals surface area (Å²) in [6.07, 6.45) is 0. The first-order chi connectivity index (χ1) is 15.8. The van der Waals surface area contributed by atoms with Crippen LogP contribution in [0.5, 0.6) is 5.75 Å². The predicted octanol–water partition coefficient (Wildman–Crippen LogP) is 5.71. The third kappa shape index (κ3) is 4.52. The lowest BCUT2D eigenvalue weighted by atomic mass is 9.94. The third-order valence-electron chi connectivity index (χ3n) is 5.70. The van der Waals surface area contributed by atoms with Gasteiger partial charge in [0.25, 0.3) is 5.91 Å². The molecule has 0 bridgehead atoms. The number of carbonyl (C=O) groups excluding carboxylic acids is 1. The van der Waals surface area contributed by atoms with Crippen molar-refractivity contribution < 1.29 is 9.53 Å². The van der Waals surface area contributed by atoms with E-state index in [0.29, 0.717) is 16.7 Å². The molecule has 0 spiro atoms. The molecule has 1 aliphatic heterocycles. The molecule has 1 aliphatic rings. The number of hydrogen-bond donors (Lipinski definition) is 2. The van der Waals surface area contributed by atoms with Crippen molar-refractivity contribution in [1.29, 1.82) is 0 Å². The Morgan fingerprint density at radius 2 is 2.06 bits per heavy atom. The van der Waals surface area contributed by atoms with Gasteiger partial charge in [-0.05, 0) is 77.3 Å². The maximum Gasteiger partial charge on any atom is 0.255 e. The van der Waals surface area contributed by atoms with Crippen LogP contribution in [0.4, 0.5) is 11.6 Å². The monoisotopic (exact) mass is 527 g/mol. The number of nitrogens with zero attached hydrogens (tertiary/aromatic N) is 3. The van der Waals surface area contributed by atoms with Crippen molar-refractivity contribution in [3.63, 3.8) is 0 Å². The summed E-state index contributed by atoms with van der Waals surface area (Å²) in [5.41, 5.74) is 5.17. The van der Waals surface area contributed by atoms with Crippen molar-refractivity contribution in [2.75, 3.05) is 23.5 Å². The summed E-state index contributed by atoms with van der Waals surface area (Å²) in [7, 11) is 1.63. The van der Waals surface area contributed by atoms with Gasteiger partial charge in [-0.1, -0.05) is 36.9 Å². The molecule has 0 aliphatic carbocycles. The first kappa shape index (κ1) is 23.4. The van der Waals surface area contributed by atoms with E-state index in [4.69, 9.17) is 9.84 Å². The van der Waals surface area contributed by atoms with Gasteiger partial charge in [-0.2, -0.15) is 4.98 Å². The molecule has 0 saturated heterocycles. The summed E-state index contributed by atoms with van der Waals surface area (Å²) < 4.78 is 8.00. The number of carbonyl (C=O) groups is 1. The number of aryl methyl sites for hydroxylation is 1. The number of ether oxygens (including phenoxy) is 1. The highest BCUT2D eigenvalue weighted by Gasteiger charge is 2.35. The lowest BCUT2D eigenvalue weighted by molar-refractivity contribution is -0.113. The first-order valence-corrected chi connectivity index (χ1v) is 12.4. The molecule has 0 radical (unpaired) electrons. The van der Waals surface area contributed by atoms with Crippen molar-refractivity contribution in [2.45, 2.75) is 38.9 Å². The quantitative estimate of drug-likeness (QED) is 0.400. The van der Waals surface area contributed by atoms with Crippen LogP contribution in [0.25, 0.3) is 0 Å². The second kappa shape index (κ2) is 9.61. The zero-order chi connectivity index (χ0) is 23.7. The molecule has 7 nitrogen and oxygen atoms in total. The number of benzene rings is 2. The number of aromatic nitrogens is 3. The number of halogens is 1. The van der Waals surface area contributed by atoms with Crippen molar-refractivity contribution in [3.8, 4) is 5.75 Å². The van der Waals surface area contributed by atoms with Crippen LogP contribution in [0.1, 0.15) is 36.6 Å².